The normalized spacial score (nSPS) is 17.8. The second-order valence-corrected chi connectivity index (χ2v) is 7.42. The molecule has 4 rings (SSSR count). The van der Waals surface area contributed by atoms with Gasteiger partial charge >= 0.3 is 0 Å². The Kier molecular flexibility index (Phi) is 5.74. The first-order chi connectivity index (χ1) is 14.2. The maximum Gasteiger partial charge on any atom is 0.267 e. The van der Waals surface area contributed by atoms with Crippen LogP contribution in [-0.4, -0.2) is 45.2 Å². The van der Waals surface area contributed by atoms with E-state index < -0.39 is 5.91 Å². The van der Waals surface area contributed by atoms with Crippen molar-refractivity contribution in [3.05, 3.63) is 60.2 Å². The Morgan fingerprint density at radius 1 is 1.28 bits per heavy atom. The van der Waals surface area contributed by atoms with E-state index >= 15 is 0 Å². The number of hydrogen-bond donors (Lipinski definition) is 2. The zero-order valence-electron chi connectivity index (χ0n) is 16.6. The van der Waals surface area contributed by atoms with Crippen molar-refractivity contribution in [3.63, 3.8) is 0 Å². The summed E-state index contributed by atoms with van der Waals surface area (Å²) in [4.78, 5) is 18.8. The number of benzene rings is 2. The van der Waals surface area contributed by atoms with Gasteiger partial charge in [0.2, 0.25) is 0 Å². The SMILES string of the molecule is CCN1CCC[C@H](n2c(-c3cccc(/C=C/C(=O)NO)c3)nc3ccccc32)C1. The van der Waals surface area contributed by atoms with Crippen LogP contribution in [0.5, 0.6) is 0 Å². The third-order valence-corrected chi connectivity index (χ3v) is 5.57. The zero-order chi connectivity index (χ0) is 20.2. The highest BCUT2D eigenvalue weighted by Crippen LogP contribution is 2.33. The molecule has 2 aromatic carbocycles. The number of fused-ring (bicyclic) bond motifs is 1. The molecule has 0 aliphatic carbocycles. The molecule has 1 aromatic heterocycles. The predicted octanol–water partition coefficient (Wildman–Crippen LogP) is 3.88. The number of amides is 1. The summed E-state index contributed by atoms with van der Waals surface area (Å²) in [5.74, 6) is 0.403. The molecular weight excluding hydrogens is 364 g/mol. The Labute approximate surface area is 170 Å². The van der Waals surface area contributed by atoms with Gasteiger partial charge in [0.15, 0.2) is 0 Å². The molecule has 150 valence electrons. The van der Waals surface area contributed by atoms with Crippen LogP contribution in [0, 0.1) is 0 Å². The van der Waals surface area contributed by atoms with E-state index in [4.69, 9.17) is 10.2 Å². The lowest BCUT2D eigenvalue weighted by atomic mass is 10.0. The van der Waals surface area contributed by atoms with Gasteiger partial charge in [0.25, 0.3) is 5.91 Å². The number of nitrogens with zero attached hydrogens (tertiary/aromatic N) is 3. The van der Waals surface area contributed by atoms with Gasteiger partial charge in [-0.3, -0.25) is 10.0 Å². The Morgan fingerprint density at radius 3 is 2.97 bits per heavy atom. The monoisotopic (exact) mass is 390 g/mol. The summed E-state index contributed by atoms with van der Waals surface area (Å²) >= 11 is 0. The lowest BCUT2D eigenvalue weighted by Gasteiger charge is -2.33. The van der Waals surface area contributed by atoms with E-state index in [2.05, 4.69) is 40.7 Å². The molecule has 0 saturated carbocycles. The van der Waals surface area contributed by atoms with Crippen LogP contribution in [0.25, 0.3) is 28.5 Å². The molecule has 1 amide bonds. The molecular formula is C23H26N4O2. The van der Waals surface area contributed by atoms with Crippen molar-refractivity contribution in [2.45, 2.75) is 25.8 Å². The molecule has 0 bridgehead atoms. The van der Waals surface area contributed by atoms with Crippen LogP contribution in [0.1, 0.15) is 31.4 Å². The van der Waals surface area contributed by atoms with E-state index in [0.29, 0.717) is 6.04 Å². The second kappa shape index (κ2) is 8.59. The van der Waals surface area contributed by atoms with Gasteiger partial charge in [0.05, 0.1) is 11.0 Å². The molecule has 2 N–H and O–H groups in total. The average molecular weight is 390 g/mol. The van der Waals surface area contributed by atoms with E-state index in [0.717, 1.165) is 54.0 Å². The highest BCUT2D eigenvalue weighted by atomic mass is 16.5. The number of likely N-dealkylation sites (N-methyl/N-ethyl adjacent to an activating group) is 1. The van der Waals surface area contributed by atoms with Gasteiger partial charge in [-0.05, 0) is 55.8 Å². The highest BCUT2D eigenvalue weighted by Gasteiger charge is 2.25. The average Bonchev–Trinajstić information content (AvgIpc) is 3.17. The summed E-state index contributed by atoms with van der Waals surface area (Å²) in [5.41, 5.74) is 5.66. The molecule has 0 radical (unpaired) electrons. The maximum absolute atomic E-state index is 11.3. The summed E-state index contributed by atoms with van der Waals surface area (Å²) < 4.78 is 2.39. The highest BCUT2D eigenvalue weighted by molar-refractivity contribution is 5.91. The van der Waals surface area contributed by atoms with Gasteiger partial charge in [-0.25, -0.2) is 10.5 Å². The van der Waals surface area contributed by atoms with Gasteiger partial charge in [0.1, 0.15) is 5.82 Å². The number of likely N-dealkylation sites (tertiary alicyclic amines) is 1. The first kappa shape index (κ1) is 19.4. The van der Waals surface area contributed by atoms with E-state index in [1.165, 1.54) is 12.5 Å². The standard InChI is InChI=1S/C23H26N4O2/c1-2-26-14-6-9-19(16-26)27-21-11-4-3-10-20(21)24-23(27)18-8-5-7-17(15-18)12-13-22(28)25-29/h3-5,7-8,10-13,15,19,29H,2,6,9,14,16H2,1H3,(H,25,28)/b13-12+/t19-/m0/s1. The van der Waals surface area contributed by atoms with Crippen molar-refractivity contribution < 1.29 is 10.0 Å². The molecule has 3 aromatic rings. The van der Waals surface area contributed by atoms with Crippen molar-refractivity contribution in [1.82, 2.24) is 19.9 Å². The number of nitrogens with one attached hydrogen (secondary N) is 1. The number of para-hydroxylation sites is 2. The molecule has 0 unspecified atom stereocenters. The number of hydroxylamine groups is 1. The number of carbonyl (C=O) groups excluding carboxylic acids is 1. The number of piperidine rings is 1. The van der Waals surface area contributed by atoms with Crippen LogP contribution >= 0.6 is 0 Å². The summed E-state index contributed by atoms with van der Waals surface area (Å²) in [7, 11) is 0. The third-order valence-electron chi connectivity index (χ3n) is 5.57. The summed E-state index contributed by atoms with van der Waals surface area (Å²) in [6, 6.07) is 16.7. The molecule has 2 heterocycles. The van der Waals surface area contributed by atoms with E-state index in [1.54, 1.807) is 11.6 Å². The third kappa shape index (κ3) is 4.09. The van der Waals surface area contributed by atoms with Crippen molar-refractivity contribution in [1.29, 1.82) is 0 Å². The minimum Gasteiger partial charge on any atom is -0.320 e. The quantitative estimate of drug-likeness (QED) is 0.394. The smallest absolute Gasteiger partial charge is 0.267 e. The number of aromatic nitrogens is 2. The summed E-state index contributed by atoms with van der Waals surface area (Å²) in [5, 5.41) is 8.68. The van der Waals surface area contributed by atoms with E-state index in [1.807, 2.05) is 24.3 Å². The van der Waals surface area contributed by atoms with Crippen LogP contribution in [0.4, 0.5) is 0 Å². The molecule has 29 heavy (non-hydrogen) atoms. The van der Waals surface area contributed by atoms with Gasteiger partial charge < -0.3 is 9.47 Å². The number of hydrogen-bond acceptors (Lipinski definition) is 4. The fourth-order valence-corrected chi connectivity index (χ4v) is 4.14. The Balaban J connectivity index is 1.78. The Hall–Kier alpha value is -2.96. The fourth-order valence-electron chi connectivity index (χ4n) is 4.14. The van der Waals surface area contributed by atoms with Gasteiger partial charge in [-0.1, -0.05) is 37.3 Å². The fraction of sp³-hybridized carbons (Fsp3) is 0.304. The topological polar surface area (TPSA) is 70.4 Å². The molecule has 0 spiro atoms. The van der Waals surface area contributed by atoms with Crippen LogP contribution < -0.4 is 5.48 Å². The van der Waals surface area contributed by atoms with Crippen LogP contribution in [0.2, 0.25) is 0 Å². The molecule has 1 fully saturated rings. The summed E-state index contributed by atoms with van der Waals surface area (Å²) in [6.45, 7) is 5.46. The molecule has 1 aliphatic rings. The minimum atomic E-state index is -0.551. The van der Waals surface area contributed by atoms with Crippen molar-refractivity contribution in [3.8, 4) is 11.4 Å². The Bertz CT molecular complexity index is 1040. The van der Waals surface area contributed by atoms with Crippen LogP contribution in [0.3, 0.4) is 0 Å². The van der Waals surface area contributed by atoms with Crippen molar-refractivity contribution >= 4 is 23.0 Å². The lowest BCUT2D eigenvalue weighted by molar-refractivity contribution is -0.124. The molecule has 6 heteroatoms. The minimum absolute atomic E-state index is 0.380. The van der Waals surface area contributed by atoms with Crippen LogP contribution in [-0.2, 0) is 4.79 Å². The molecule has 1 saturated heterocycles. The second-order valence-electron chi connectivity index (χ2n) is 7.42. The maximum atomic E-state index is 11.3. The van der Waals surface area contributed by atoms with Gasteiger partial charge in [-0.2, -0.15) is 0 Å². The van der Waals surface area contributed by atoms with Crippen LogP contribution in [0.15, 0.2) is 54.6 Å². The number of carbonyl (C=O) groups is 1. The number of imidazole rings is 1. The first-order valence-electron chi connectivity index (χ1n) is 10.1. The molecule has 1 atom stereocenters. The van der Waals surface area contributed by atoms with Gasteiger partial charge in [0, 0.05) is 24.2 Å². The summed E-state index contributed by atoms with van der Waals surface area (Å²) in [6.07, 6.45) is 5.31. The van der Waals surface area contributed by atoms with Gasteiger partial charge in [-0.15, -0.1) is 0 Å². The van der Waals surface area contributed by atoms with Crippen molar-refractivity contribution in [2.24, 2.45) is 0 Å². The molecule has 6 nitrogen and oxygen atoms in total. The molecule has 1 aliphatic heterocycles. The Morgan fingerprint density at radius 2 is 2.14 bits per heavy atom. The van der Waals surface area contributed by atoms with E-state index in [-0.39, 0.29) is 0 Å². The first-order valence-corrected chi connectivity index (χ1v) is 10.1. The van der Waals surface area contributed by atoms with E-state index in [9.17, 15) is 4.79 Å². The van der Waals surface area contributed by atoms with Crippen molar-refractivity contribution in [2.75, 3.05) is 19.6 Å². The lowest BCUT2D eigenvalue weighted by Crippen LogP contribution is -2.36. The zero-order valence-corrected chi connectivity index (χ0v) is 16.6. The predicted molar refractivity (Wildman–Crippen MR) is 115 cm³/mol. The number of rotatable bonds is 5. The largest absolute Gasteiger partial charge is 0.320 e.